The first-order valence-electron chi connectivity index (χ1n) is 29.0. The minimum absolute atomic E-state index is 0.0131. The van der Waals surface area contributed by atoms with E-state index < -0.39 is 32.3 Å². The first kappa shape index (κ1) is 67.7. The molecule has 0 saturated heterocycles. The SMILES string of the molecule is CC(C)(C)c1cc(CC[Si](C)(C)C)ccc1O.CC(C)(C)c1cc(CC[Si](C)(C)C)ccc1O.CC(C)(C)c1cc(CC[Si](C)(C)c2ccccc2)ccc1O.CC(C)(C)c1cc(CC[Si](C)(C)c2ccccc2)ccc1O. The van der Waals surface area contributed by atoms with Gasteiger partial charge < -0.3 is 20.4 Å². The molecule has 0 bridgehead atoms. The molecule has 0 unspecified atom stereocenters. The normalized spacial score (nSPS) is 12.6. The first-order chi connectivity index (χ1) is 35.6. The molecule has 0 heterocycles. The third-order valence-electron chi connectivity index (χ3n) is 15.0. The molecule has 0 radical (unpaired) electrons. The molecule has 8 heteroatoms. The van der Waals surface area contributed by atoms with Gasteiger partial charge in [0.25, 0.3) is 0 Å². The van der Waals surface area contributed by atoms with Crippen LogP contribution in [0.1, 0.15) is 128 Å². The van der Waals surface area contributed by atoms with Crippen molar-refractivity contribution in [2.45, 2.75) is 220 Å². The fraction of sp³-hybridized carbons (Fsp3) is 0.486. The second kappa shape index (κ2) is 27.7. The molecule has 0 spiro atoms. The van der Waals surface area contributed by atoms with Crippen LogP contribution in [-0.2, 0) is 47.3 Å². The second-order valence-electron chi connectivity index (χ2n) is 30.0. The van der Waals surface area contributed by atoms with Crippen LogP contribution in [0.4, 0.5) is 0 Å². The Bertz CT molecular complexity index is 2580. The predicted octanol–water partition coefficient (Wildman–Crippen LogP) is 18.8. The molecule has 4 nitrogen and oxygen atoms in total. The average molecular weight is 1130 g/mol. The van der Waals surface area contributed by atoms with Crippen molar-refractivity contribution in [2.75, 3.05) is 0 Å². The highest BCUT2D eigenvalue weighted by molar-refractivity contribution is 6.90. The van der Waals surface area contributed by atoms with Gasteiger partial charge in [-0.25, -0.2) is 0 Å². The molecule has 0 aliphatic heterocycles. The van der Waals surface area contributed by atoms with Gasteiger partial charge in [0.2, 0.25) is 0 Å². The quantitative estimate of drug-likeness (QED) is 0.0820. The van der Waals surface area contributed by atoms with Gasteiger partial charge in [-0.1, -0.05) is 280 Å². The van der Waals surface area contributed by atoms with Crippen molar-refractivity contribution in [3.05, 3.63) is 178 Å². The summed E-state index contributed by atoms with van der Waals surface area (Å²) in [5, 5.41) is 43.0. The van der Waals surface area contributed by atoms with E-state index in [4.69, 9.17) is 0 Å². The zero-order valence-electron chi connectivity index (χ0n) is 53.1. The number of hydrogen-bond acceptors (Lipinski definition) is 4. The summed E-state index contributed by atoms with van der Waals surface area (Å²) in [6.07, 6.45) is 4.44. The van der Waals surface area contributed by atoms with Gasteiger partial charge in [-0.2, -0.15) is 0 Å². The average Bonchev–Trinajstić information content (AvgIpc) is 3.32. The van der Waals surface area contributed by atoms with Crippen molar-refractivity contribution in [1.82, 2.24) is 0 Å². The maximum absolute atomic E-state index is 10.1. The Balaban J connectivity index is 0.000000276. The summed E-state index contributed by atoms with van der Waals surface area (Å²) < 4.78 is 0. The number of aromatic hydroxyl groups is 4. The molecule has 0 atom stereocenters. The summed E-state index contributed by atoms with van der Waals surface area (Å²) in [6.45, 7) is 49.9. The highest BCUT2D eigenvalue weighted by Crippen LogP contribution is 2.35. The molecule has 6 rings (SSSR count). The van der Waals surface area contributed by atoms with Crippen molar-refractivity contribution in [3.8, 4) is 23.0 Å². The van der Waals surface area contributed by atoms with Gasteiger partial charge in [0.1, 0.15) is 23.0 Å². The van der Waals surface area contributed by atoms with E-state index in [1.807, 2.05) is 24.3 Å². The number of phenolic OH excluding ortho intramolecular Hbond substituents is 4. The number of rotatable bonds is 14. The topological polar surface area (TPSA) is 80.9 Å². The van der Waals surface area contributed by atoms with E-state index in [2.05, 4.69) is 258 Å². The van der Waals surface area contributed by atoms with Gasteiger partial charge >= 0.3 is 0 Å². The van der Waals surface area contributed by atoms with Crippen LogP contribution in [0, 0.1) is 0 Å². The van der Waals surface area contributed by atoms with Crippen LogP contribution in [0.15, 0.2) is 133 Å². The fourth-order valence-electron chi connectivity index (χ4n) is 9.38. The van der Waals surface area contributed by atoms with Crippen molar-refractivity contribution in [1.29, 1.82) is 0 Å². The van der Waals surface area contributed by atoms with Gasteiger partial charge in [-0.3, -0.25) is 0 Å². The van der Waals surface area contributed by atoms with E-state index in [-0.39, 0.29) is 21.7 Å². The molecular weight excluding hydrogens is 1020 g/mol. The Morgan fingerprint density at radius 1 is 0.282 bits per heavy atom. The van der Waals surface area contributed by atoms with Gasteiger partial charge in [0, 0.05) is 16.1 Å². The Hall–Kier alpha value is -4.61. The van der Waals surface area contributed by atoms with E-state index in [0.29, 0.717) is 23.0 Å². The van der Waals surface area contributed by atoms with Crippen molar-refractivity contribution < 1.29 is 20.4 Å². The van der Waals surface area contributed by atoms with Crippen LogP contribution in [-0.4, -0.2) is 52.7 Å². The predicted molar refractivity (Wildman–Crippen MR) is 355 cm³/mol. The minimum atomic E-state index is -1.40. The fourth-order valence-corrected chi connectivity index (χ4v) is 16.0. The molecular formula is C70H108O4Si4. The van der Waals surface area contributed by atoms with E-state index in [9.17, 15) is 20.4 Å². The molecule has 0 amide bonds. The van der Waals surface area contributed by atoms with Crippen LogP contribution >= 0.6 is 0 Å². The Kier molecular flexibility index (Phi) is 24.0. The van der Waals surface area contributed by atoms with Gasteiger partial charge in [-0.05, 0) is 128 Å². The highest BCUT2D eigenvalue weighted by atomic mass is 28.3. The second-order valence-corrected chi connectivity index (χ2v) is 51.0. The zero-order valence-corrected chi connectivity index (χ0v) is 57.1. The maximum Gasteiger partial charge on any atom is 0.119 e. The number of benzene rings is 6. The molecule has 0 aliphatic rings. The summed E-state index contributed by atoms with van der Waals surface area (Å²) >= 11 is 0. The Morgan fingerprint density at radius 3 is 0.679 bits per heavy atom. The molecule has 78 heavy (non-hydrogen) atoms. The number of aryl methyl sites for hydroxylation is 4. The van der Waals surface area contributed by atoms with Gasteiger partial charge in [0.15, 0.2) is 0 Å². The lowest BCUT2D eigenvalue weighted by molar-refractivity contribution is 0.445. The van der Waals surface area contributed by atoms with Crippen molar-refractivity contribution in [3.63, 3.8) is 0 Å². The number of phenols is 4. The molecule has 4 N–H and O–H groups in total. The standard InChI is InChI=1S/2C20H28OSi.2C15H26OSi/c2*1-20(2,3)18-15-16(11-12-19(18)21)13-14-22(4,5)17-9-7-6-8-10-17;2*1-15(2,3)13-11-12(7-8-14(13)16)9-10-17(4,5)6/h2*6-12,15,21H,13-14H2,1-5H3;2*7-8,11,16H,9-10H2,1-6H3. The summed E-state index contributed by atoms with van der Waals surface area (Å²) in [7, 11) is -4.76. The molecule has 0 aliphatic carbocycles. The molecule has 6 aromatic rings. The molecule has 6 aromatic carbocycles. The summed E-state index contributed by atoms with van der Waals surface area (Å²) in [4.78, 5) is 0. The van der Waals surface area contributed by atoms with Crippen LogP contribution in [0.5, 0.6) is 23.0 Å². The van der Waals surface area contributed by atoms with Crippen LogP contribution < -0.4 is 10.4 Å². The van der Waals surface area contributed by atoms with E-state index >= 15 is 0 Å². The van der Waals surface area contributed by atoms with Crippen molar-refractivity contribution >= 4 is 42.7 Å². The van der Waals surface area contributed by atoms with E-state index in [0.717, 1.165) is 47.9 Å². The first-order valence-corrected chi connectivity index (χ1v) is 42.8. The van der Waals surface area contributed by atoms with Gasteiger partial charge in [-0.15, -0.1) is 0 Å². The highest BCUT2D eigenvalue weighted by Gasteiger charge is 2.27. The monoisotopic (exact) mass is 1120 g/mol. The third-order valence-corrected chi connectivity index (χ3v) is 25.3. The number of hydrogen-bond donors (Lipinski definition) is 4. The summed E-state index contributed by atoms with van der Waals surface area (Å²) in [6, 6.07) is 51.3. The van der Waals surface area contributed by atoms with Crippen LogP contribution in [0.3, 0.4) is 0 Å². The lowest BCUT2D eigenvalue weighted by Crippen LogP contribution is -2.41. The zero-order chi connectivity index (χ0) is 59.3. The largest absolute Gasteiger partial charge is 0.508 e. The lowest BCUT2D eigenvalue weighted by atomic mass is 9.85. The van der Waals surface area contributed by atoms with Crippen molar-refractivity contribution in [2.24, 2.45) is 0 Å². The Labute approximate surface area is 481 Å². The third kappa shape index (κ3) is 23.2. The van der Waals surface area contributed by atoms with Crippen LogP contribution in [0.25, 0.3) is 0 Å². The van der Waals surface area contributed by atoms with Gasteiger partial charge in [0.05, 0.1) is 16.1 Å². The molecule has 428 valence electrons. The molecule has 0 aromatic heterocycles. The maximum atomic E-state index is 10.1. The van der Waals surface area contributed by atoms with Crippen LogP contribution in [0.2, 0.25) is 89.6 Å². The lowest BCUT2D eigenvalue weighted by Gasteiger charge is -2.24. The van der Waals surface area contributed by atoms with E-state index in [1.165, 1.54) is 56.8 Å². The molecule has 0 fully saturated rings. The minimum Gasteiger partial charge on any atom is -0.508 e. The Morgan fingerprint density at radius 2 is 0.487 bits per heavy atom. The molecule has 0 saturated carbocycles. The smallest absolute Gasteiger partial charge is 0.119 e. The summed E-state index contributed by atoms with van der Waals surface area (Å²) in [5.74, 6) is 1.68. The summed E-state index contributed by atoms with van der Waals surface area (Å²) in [5.41, 5.74) is 9.57. The van der Waals surface area contributed by atoms with E-state index in [1.54, 1.807) is 0 Å².